The molecule has 0 aliphatic rings. The normalized spacial score (nSPS) is 11.5. The molecule has 0 amide bonds. The fourth-order valence-electron chi connectivity index (χ4n) is 2.88. The Morgan fingerprint density at radius 3 is 0.955 bits per heavy atom. The van der Waals surface area contributed by atoms with Gasteiger partial charge in [0.05, 0.1) is 0 Å². The first-order valence-corrected chi connectivity index (χ1v) is 10.1. The fourth-order valence-corrected chi connectivity index (χ4v) is 2.88. The quantitative estimate of drug-likeness (QED) is 0.177. The zero-order chi connectivity index (χ0) is 16.1. The summed E-state index contributed by atoms with van der Waals surface area (Å²) in [5, 5.41) is 0. The number of rotatable bonds is 18. The first-order chi connectivity index (χ1) is 10.9. The maximum atomic E-state index is 3.89. The van der Waals surface area contributed by atoms with Crippen LogP contribution in [0, 0.1) is 13.8 Å². The van der Waals surface area contributed by atoms with Crippen LogP contribution in [0.25, 0.3) is 0 Å². The molecule has 0 nitrogen and oxygen atoms in total. The number of unbranched alkanes of at least 4 members (excludes halogenated alkanes) is 16. The van der Waals surface area contributed by atoms with Crippen molar-refractivity contribution in [2.24, 2.45) is 0 Å². The summed E-state index contributed by atoms with van der Waals surface area (Å²) in [7, 11) is 0. The van der Waals surface area contributed by atoms with Crippen LogP contribution < -0.4 is 0 Å². The molecule has 0 atom stereocenters. The van der Waals surface area contributed by atoms with Gasteiger partial charge in [0, 0.05) is 0 Å². The largest absolute Gasteiger partial charge is 0.0885 e. The topological polar surface area (TPSA) is 0 Å². The van der Waals surface area contributed by atoms with Gasteiger partial charge in [-0.2, -0.15) is 0 Å². The summed E-state index contributed by atoms with van der Waals surface area (Å²) in [5.41, 5.74) is 0. The molecular weight excluding hydrogens is 264 g/mol. The van der Waals surface area contributed by atoms with Gasteiger partial charge in [-0.3, -0.25) is 0 Å². The maximum absolute atomic E-state index is 3.89. The van der Waals surface area contributed by atoms with Gasteiger partial charge in [-0.1, -0.05) is 116 Å². The summed E-state index contributed by atoms with van der Waals surface area (Å²) in [5.74, 6) is 0. The van der Waals surface area contributed by atoms with Gasteiger partial charge in [-0.05, 0) is 25.7 Å². The predicted octanol–water partition coefficient (Wildman–Crippen LogP) is 8.23. The second kappa shape index (κ2) is 20.7. The third-order valence-electron chi connectivity index (χ3n) is 4.41. The molecule has 0 heteroatoms. The molecular formula is C22H42. The highest BCUT2D eigenvalue weighted by Crippen LogP contribution is 2.11. The zero-order valence-electron chi connectivity index (χ0n) is 15.3. The van der Waals surface area contributed by atoms with Crippen LogP contribution in [0.1, 0.15) is 116 Å². The summed E-state index contributed by atoms with van der Waals surface area (Å²) < 4.78 is 0. The Morgan fingerprint density at radius 1 is 0.364 bits per heavy atom. The van der Waals surface area contributed by atoms with Crippen LogP contribution in [0.5, 0.6) is 0 Å². The van der Waals surface area contributed by atoms with Gasteiger partial charge in [0.15, 0.2) is 0 Å². The minimum absolute atomic E-state index is 1.11. The second-order valence-corrected chi connectivity index (χ2v) is 6.71. The first-order valence-electron chi connectivity index (χ1n) is 10.1. The molecule has 0 N–H and O–H groups in total. The second-order valence-electron chi connectivity index (χ2n) is 6.71. The lowest BCUT2D eigenvalue weighted by molar-refractivity contribution is 0.580. The Hall–Kier alpha value is -0.260. The molecule has 0 saturated carbocycles. The highest BCUT2D eigenvalue weighted by Gasteiger charge is 1.91. The van der Waals surface area contributed by atoms with Gasteiger partial charge in [0.2, 0.25) is 0 Å². The van der Waals surface area contributed by atoms with Crippen LogP contribution in [-0.4, -0.2) is 0 Å². The van der Waals surface area contributed by atoms with E-state index in [-0.39, 0.29) is 0 Å². The molecule has 0 saturated heterocycles. The average molecular weight is 307 g/mol. The lowest BCUT2D eigenvalue weighted by Gasteiger charge is -2.00. The summed E-state index contributed by atoms with van der Waals surface area (Å²) >= 11 is 0. The van der Waals surface area contributed by atoms with E-state index in [2.05, 4.69) is 26.0 Å². The molecule has 0 fully saturated rings. The van der Waals surface area contributed by atoms with E-state index in [1.807, 2.05) is 0 Å². The Balaban J connectivity index is 3.03. The van der Waals surface area contributed by atoms with E-state index in [0.29, 0.717) is 0 Å². The Kier molecular flexibility index (Phi) is 20.5. The molecule has 0 aromatic carbocycles. The molecule has 0 spiro atoms. The minimum Gasteiger partial charge on any atom is -0.0885 e. The molecule has 0 heterocycles. The van der Waals surface area contributed by atoms with Crippen molar-refractivity contribution in [3.63, 3.8) is 0 Å². The van der Waals surface area contributed by atoms with E-state index in [1.54, 1.807) is 0 Å². The Morgan fingerprint density at radius 2 is 0.636 bits per heavy atom. The summed E-state index contributed by atoms with van der Waals surface area (Å²) in [6, 6.07) is 0. The lowest BCUT2D eigenvalue weighted by atomic mass is 10.1. The predicted molar refractivity (Wildman–Crippen MR) is 103 cm³/mol. The van der Waals surface area contributed by atoms with Crippen LogP contribution >= 0.6 is 0 Å². The molecule has 0 aliphatic heterocycles. The Labute approximate surface area is 142 Å². The van der Waals surface area contributed by atoms with Crippen molar-refractivity contribution in [2.75, 3.05) is 0 Å². The molecule has 0 unspecified atom stereocenters. The van der Waals surface area contributed by atoms with Crippen molar-refractivity contribution in [3.05, 3.63) is 26.0 Å². The van der Waals surface area contributed by atoms with Gasteiger partial charge in [0.1, 0.15) is 0 Å². The molecule has 2 radical (unpaired) electrons. The highest BCUT2D eigenvalue weighted by molar-refractivity contribution is 4.81. The van der Waals surface area contributed by atoms with Crippen molar-refractivity contribution in [2.45, 2.75) is 116 Å². The van der Waals surface area contributed by atoms with Crippen molar-refractivity contribution < 1.29 is 0 Å². The highest BCUT2D eigenvalue weighted by atomic mass is 14.0. The number of hydrogen-bond donors (Lipinski definition) is 0. The number of hydrogen-bond acceptors (Lipinski definition) is 0. The molecule has 130 valence electrons. The van der Waals surface area contributed by atoms with Crippen molar-refractivity contribution in [3.8, 4) is 0 Å². The molecule has 22 heavy (non-hydrogen) atoms. The van der Waals surface area contributed by atoms with E-state index in [9.17, 15) is 0 Å². The van der Waals surface area contributed by atoms with Crippen LogP contribution in [0.4, 0.5) is 0 Å². The Bertz CT molecular complexity index is 182. The minimum atomic E-state index is 1.11. The van der Waals surface area contributed by atoms with Crippen LogP contribution in [0.3, 0.4) is 0 Å². The fraction of sp³-hybridized carbons (Fsp3) is 0.818. The van der Waals surface area contributed by atoms with Crippen molar-refractivity contribution >= 4 is 0 Å². The molecule has 0 aromatic heterocycles. The van der Waals surface area contributed by atoms with E-state index < -0.39 is 0 Å². The van der Waals surface area contributed by atoms with E-state index in [4.69, 9.17) is 0 Å². The van der Waals surface area contributed by atoms with Crippen molar-refractivity contribution in [1.29, 1.82) is 0 Å². The summed E-state index contributed by atoms with van der Waals surface area (Å²) in [4.78, 5) is 0. The van der Waals surface area contributed by atoms with Crippen LogP contribution in [0.2, 0.25) is 0 Å². The SMILES string of the molecule is [CH2]CCCCCCCCCC=CCCCCCCCCC[CH2]. The molecule has 0 rings (SSSR count). The van der Waals surface area contributed by atoms with E-state index in [1.165, 1.54) is 103 Å². The third-order valence-corrected chi connectivity index (χ3v) is 4.41. The van der Waals surface area contributed by atoms with Gasteiger partial charge < -0.3 is 0 Å². The van der Waals surface area contributed by atoms with Gasteiger partial charge in [0.25, 0.3) is 0 Å². The standard InChI is InChI=1S/C22H42/c1-3-5-7-9-11-13-15-17-19-21-22-20-18-16-14-12-10-8-6-4-2/h21-22H,1-20H2. The van der Waals surface area contributed by atoms with Gasteiger partial charge in [-0.15, -0.1) is 0 Å². The van der Waals surface area contributed by atoms with E-state index >= 15 is 0 Å². The average Bonchev–Trinajstić information content (AvgIpc) is 2.54. The third kappa shape index (κ3) is 19.7. The monoisotopic (exact) mass is 306 g/mol. The number of allylic oxidation sites excluding steroid dienone is 2. The zero-order valence-corrected chi connectivity index (χ0v) is 15.3. The van der Waals surface area contributed by atoms with Gasteiger partial charge >= 0.3 is 0 Å². The maximum Gasteiger partial charge on any atom is -0.0351 e. The van der Waals surface area contributed by atoms with Crippen LogP contribution in [0.15, 0.2) is 12.2 Å². The van der Waals surface area contributed by atoms with E-state index in [0.717, 1.165) is 12.8 Å². The van der Waals surface area contributed by atoms with Crippen LogP contribution in [-0.2, 0) is 0 Å². The summed E-state index contributed by atoms with van der Waals surface area (Å²) in [6.07, 6.45) is 29.2. The van der Waals surface area contributed by atoms with Gasteiger partial charge in [-0.25, -0.2) is 0 Å². The van der Waals surface area contributed by atoms with Crippen molar-refractivity contribution in [1.82, 2.24) is 0 Å². The summed E-state index contributed by atoms with van der Waals surface area (Å²) in [6.45, 7) is 7.78. The first kappa shape index (κ1) is 21.7. The molecule has 0 bridgehead atoms. The molecule has 0 aliphatic carbocycles. The smallest absolute Gasteiger partial charge is 0.0351 e. The molecule has 0 aromatic rings. The lowest BCUT2D eigenvalue weighted by Crippen LogP contribution is -1.81.